The Labute approximate surface area is 130 Å². The van der Waals surface area contributed by atoms with E-state index in [0.717, 1.165) is 43.3 Å². The molecule has 0 bridgehead atoms. The van der Waals surface area contributed by atoms with E-state index in [1.54, 1.807) is 0 Å². The summed E-state index contributed by atoms with van der Waals surface area (Å²) in [4.78, 5) is 9.21. The minimum atomic E-state index is -0.000424. The zero-order valence-corrected chi connectivity index (χ0v) is 14.8. The maximum absolute atomic E-state index is 4.66. The van der Waals surface area contributed by atoms with Crippen LogP contribution in [0.1, 0.15) is 67.1 Å². The van der Waals surface area contributed by atoms with Crippen molar-refractivity contribution in [1.82, 2.24) is 9.97 Å². The first kappa shape index (κ1) is 17.7. The van der Waals surface area contributed by atoms with Gasteiger partial charge in [-0.2, -0.15) is 0 Å². The predicted octanol–water partition coefficient (Wildman–Crippen LogP) is 4.49. The number of nitrogens with zero attached hydrogens (tertiary/aromatic N) is 2. The fourth-order valence-corrected chi connectivity index (χ4v) is 2.88. The summed E-state index contributed by atoms with van der Waals surface area (Å²) in [7, 11) is 0. The highest BCUT2D eigenvalue weighted by Crippen LogP contribution is 2.29. The Morgan fingerprint density at radius 1 is 1.00 bits per heavy atom. The molecule has 4 nitrogen and oxygen atoms in total. The molecule has 0 amide bonds. The summed E-state index contributed by atoms with van der Waals surface area (Å²) in [6.45, 7) is 16.4. The van der Waals surface area contributed by atoms with Gasteiger partial charge in [0, 0.05) is 24.6 Å². The summed E-state index contributed by atoms with van der Waals surface area (Å²) in [5.74, 6) is 2.73. The second-order valence-corrected chi connectivity index (χ2v) is 7.58. The van der Waals surface area contributed by atoms with Gasteiger partial charge in [-0.15, -0.1) is 0 Å². The second-order valence-electron chi connectivity index (χ2n) is 7.58. The van der Waals surface area contributed by atoms with Crippen molar-refractivity contribution in [2.45, 2.75) is 73.3 Å². The largest absolute Gasteiger partial charge is 0.370 e. The van der Waals surface area contributed by atoms with Gasteiger partial charge in [0.2, 0.25) is 0 Å². The van der Waals surface area contributed by atoms with Crippen LogP contribution in [0.25, 0.3) is 0 Å². The average molecular weight is 292 g/mol. The summed E-state index contributed by atoms with van der Waals surface area (Å²) < 4.78 is 0. The van der Waals surface area contributed by atoms with Crippen LogP contribution in [0, 0.1) is 5.41 Å². The van der Waals surface area contributed by atoms with E-state index >= 15 is 0 Å². The Kier molecular flexibility index (Phi) is 5.99. The van der Waals surface area contributed by atoms with Crippen molar-refractivity contribution in [1.29, 1.82) is 0 Å². The molecule has 0 saturated heterocycles. The summed E-state index contributed by atoms with van der Waals surface area (Å²) in [6, 6.07) is 2.01. The fraction of sp³-hybridized carbons (Fsp3) is 0.765. The fourth-order valence-electron chi connectivity index (χ4n) is 2.88. The lowest BCUT2D eigenvalue weighted by molar-refractivity contribution is 0.302. The Morgan fingerprint density at radius 3 is 2.14 bits per heavy atom. The molecule has 1 aromatic rings. The third-order valence-electron chi connectivity index (χ3n) is 3.04. The smallest absolute Gasteiger partial charge is 0.133 e. The summed E-state index contributed by atoms with van der Waals surface area (Å²) in [5.41, 5.74) is 0.278. The molecular weight excluding hydrogens is 260 g/mol. The van der Waals surface area contributed by atoms with Crippen LogP contribution in [0.15, 0.2) is 6.07 Å². The van der Waals surface area contributed by atoms with Crippen LogP contribution in [0.3, 0.4) is 0 Å². The molecule has 21 heavy (non-hydrogen) atoms. The molecule has 1 aromatic heterocycles. The van der Waals surface area contributed by atoms with Gasteiger partial charge in [-0.25, -0.2) is 9.97 Å². The van der Waals surface area contributed by atoms with Crippen molar-refractivity contribution >= 4 is 11.6 Å². The third kappa shape index (κ3) is 6.78. The Hall–Kier alpha value is -1.32. The summed E-state index contributed by atoms with van der Waals surface area (Å²) in [6.07, 6.45) is 3.04. The molecule has 0 spiro atoms. The lowest BCUT2D eigenvalue weighted by Crippen LogP contribution is -2.35. The van der Waals surface area contributed by atoms with Gasteiger partial charge in [0.15, 0.2) is 0 Å². The average Bonchev–Trinajstić information content (AvgIpc) is 2.24. The second kappa shape index (κ2) is 7.10. The Balaban J connectivity index is 2.95. The first-order valence-corrected chi connectivity index (χ1v) is 8.05. The number of hydrogen-bond donors (Lipinski definition) is 2. The minimum Gasteiger partial charge on any atom is -0.370 e. The molecular formula is C17H32N4. The number of hydrogen-bond acceptors (Lipinski definition) is 4. The minimum absolute atomic E-state index is 0.000424. The molecule has 0 aliphatic carbocycles. The molecule has 0 saturated carbocycles. The molecule has 0 radical (unpaired) electrons. The highest BCUT2D eigenvalue weighted by molar-refractivity contribution is 5.48. The quantitative estimate of drug-likeness (QED) is 0.777. The first-order chi connectivity index (χ1) is 9.65. The van der Waals surface area contributed by atoms with Gasteiger partial charge < -0.3 is 10.6 Å². The number of nitrogens with one attached hydrogen (secondary N) is 2. The van der Waals surface area contributed by atoms with Crippen LogP contribution in [-0.2, 0) is 6.42 Å². The van der Waals surface area contributed by atoms with Crippen LogP contribution in [0.5, 0.6) is 0 Å². The van der Waals surface area contributed by atoms with Gasteiger partial charge in [-0.3, -0.25) is 0 Å². The van der Waals surface area contributed by atoms with Crippen molar-refractivity contribution in [3.8, 4) is 0 Å². The number of aromatic nitrogens is 2. The van der Waals surface area contributed by atoms with Crippen molar-refractivity contribution in [2.75, 3.05) is 17.2 Å². The molecule has 1 heterocycles. The highest BCUT2D eigenvalue weighted by Gasteiger charge is 2.25. The predicted molar refractivity (Wildman–Crippen MR) is 92.0 cm³/mol. The lowest BCUT2D eigenvalue weighted by atomic mass is 9.82. The zero-order valence-electron chi connectivity index (χ0n) is 14.8. The monoisotopic (exact) mass is 292 g/mol. The van der Waals surface area contributed by atoms with Gasteiger partial charge in [-0.05, 0) is 39.0 Å². The topological polar surface area (TPSA) is 49.8 Å². The van der Waals surface area contributed by atoms with Crippen LogP contribution in [0.4, 0.5) is 11.6 Å². The number of aryl methyl sites for hydroxylation is 1. The van der Waals surface area contributed by atoms with Crippen molar-refractivity contribution < 1.29 is 0 Å². The van der Waals surface area contributed by atoms with Crippen LogP contribution in [0.2, 0.25) is 0 Å². The van der Waals surface area contributed by atoms with Crippen LogP contribution < -0.4 is 10.6 Å². The van der Waals surface area contributed by atoms with E-state index in [-0.39, 0.29) is 11.0 Å². The van der Waals surface area contributed by atoms with Gasteiger partial charge >= 0.3 is 0 Å². The maximum atomic E-state index is 4.66. The highest BCUT2D eigenvalue weighted by atomic mass is 15.1. The van der Waals surface area contributed by atoms with Crippen LogP contribution >= 0.6 is 0 Å². The van der Waals surface area contributed by atoms with Crippen molar-refractivity contribution in [3.63, 3.8) is 0 Å². The first-order valence-electron chi connectivity index (χ1n) is 8.05. The van der Waals surface area contributed by atoms with Crippen molar-refractivity contribution in [2.24, 2.45) is 5.41 Å². The molecule has 120 valence electrons. The van der Waals surface area contributed by atoms with E-state index in [1.165, 1.54) is 0 Å². The van der Waals surface area contributed by atoms with E-state index in [9.17, 15) is 0 Å². The summed E-state index contributed by atoms with van der Waals surface area (Å²) in [5, 5.41) is 6.87. The third-order valence-corrected chi connectivity index (χ3v) is 3.04. The zero-order chi connectivity index (χ0) is 16.1. The van der Waals surface area contributed by atoms with E-state index < -0.39 is 0 Å². The lowest BCUT2D eigenvalue weighted by Gasteiger charge is -2.34. The molecule has 4 heteroatoms. The van der Waals surface area contributed by atoms with E-state index in [2.05, 4.69) is 69.1 Å². The summed E-state index contributed by atoms with van der Waals surface area (Å²) >= 11 is 0. The van der Waals surface area contributed by atoms with Gasteiger partial charge in [0.1, 0.15) is 17.5 Å². The van der Waals surface area contributed by atoms with E-state index in [1.807, 2.05) is 6.07 Å². The van der Waals surface area contributed by atoms with E-state index in [4.69, 9.17) is 0 Å². The van der Waals surface area contributed by atoms with Gasteiger partial charge in [0.25, 0.3) is 0 Å². The number of rotatable bonds is 7. The molecule has 0 unspecified atom stereocenters. The van der Waals surface area contributed by atoms with E-state index in [0.29, 0.717) is 0 Å². The van der Waals surface area contributed by atoms with Gasteiger partial charge in [0.05, 0.1) is 0 Å². The van der Waals surface area contributed by atoms with Crippen LogP contribution in [-0.4, -0.2) is 22.1 Å². The Morgan fingerprint density at radius 2 is 1.62 bits per heavy atom. The SMILES string of the molecule is CCCc1nc(NCC)cc(NC(C)(C)CC(C)(C)C)n1. The maximum Gasteiger partial charge on any atom is 0.133 e. The molecule has 0 aliphatic heterocycles. The van der Waals surface area contributed by atoms with Gasteiger partial charge in [-0.1, -0.05) is 27.7 Å². The molecule has 0 aromatic carbocycles. The Bertz CT molecular complexity index is 422. The number of anilines is 2. The molecule has 0 atom stereocenters. The molecule has 1 rings (SSSR count). The molecule has 0 fully saturated rings. The standard InChI is InChI=1S/C17H32N4/c1-8-10-13-19-14(18-9-2)11-15(20-13)21-17(6,7)12-16(3,4)5/h11H,8-10,12H2,1-7H3,(H2,18,19,20,21). The normalized spacial score (nSPS) is 12.3. The van der Waals surface area contributed by atoms with Crippen molar-refractivity contribution in [3.05, 3.63) is 11.9 Å². The molecule has 2 N–H and O–H groups in total. The molecule has 0 aliphatic rings.